The van der Waals surface area contributed by atoms with E-state index in [0.29, 0.717) is 25.4 Å². The van der Waals surface area contributed by atoms with Gasteiger partial charge in [0.25, 0.3) is 0 Å². The fourth-order valence-corrected chi connectivity index (χ4v) is 9.47. The first-order valence-electron chi connectivity index (χ1n) is 10.4. The van der Waals surface area contributed by atoms with Gasteiger partial charge in [0, 0.05) is 19.4 Å². The van der Waals surface area contributed by atoms with Gasteiger partial charge in [0.2, 0.25) is 0 Å². The van der Waals surface area contributed by atoms with E-state index in [1.165, 1.54) is 13.8 Å². The highest BCUT2D eigenvalue weighted by Crippen LogP contribution is 2.63. The molecule has 0 unspecified atom stereocenters. The normalized spacial score (nSPS) is 14.3. The second-order valence-electron chi connectivity index (χ2n) is 8.12. The summed E-state index contributed by atoms with van der Waals surface area (Å²) in [6.07, 6.45) is 0. The minimum Gasteiger partial charge on any atom is -0.454 e. The molecule has 202 valence electrons. The Morgan fingerprint density at radius 3 is 1.64 bits per heavy atom. The van der Waals surface area contributed by atoms with E-state index in [2.05, 4.69) is 0 Å². The van der Waals surface area contributed by atoms with E-state index >= 15 is 0 Å². The van der Waals surface area contributed by atoms with Crippen LogP contribution < -0.4 is 14.2 Å². The smallest absolute Gasteiger partial charge is 0.341 e. The number of hydrogen-bond acceptors (Lipinski definition) is 7. The summed E-state index contributed by atoms with van der Waals surface area (Å²) in [5, 5.41) is -0.295. The number of rotatable bonds is 2. The van der Waals surface area contributed by atoms with Crippen molar-refractivity contribution in [2.75, 3.05) is 0 Å². The van der Waals surface area contributed by atoms with Crippen molar-refractivity contribution in [2.24, 2.45) is 0 Å². The summed E-state index contributed by atoms with van der Waals surface area (Å²) in [6.45, 7) is 2.56. The highest BCUT2D eigenvalue weighted by atomic mass is 127. The van der Waals surface area contributed by atoms with Crippen molar-refractivity contribution < 1.29 is 33.3 Å². The molecule has 0 aromatic heterocycles. The van der Waals surface area contributed by atoms with Crippen molar-refractivity contribution in [1.82, 2.24) is 0 Å². The minimum absolute atomic E-state index is 0.0334. The molecule has 0 amide bonds. The molecule has 0 saturated carbocycles. The summed E-state index contributed by atoms with van der Waals surface area (Å²) in [6, 6.07) is 3.35. The fourth-order valence-electron chi connectivity index (χ4n) is 4.39. The Bertz CT molecular complexity index is 1620. The van der Waals surface area contributed by atoms with E-state index in [1.54, 1.807) is 12.1 Å². The Morgan fingerprint density at radius 2 is 1.21 bits per heavy atom. The summed E-state index contributed by atoms with van der Waals surface area (Å²) < 4.78 is 25.5. The molecule has 1 spiro atoms. The van der Waals surface area contributed by atoms with Crippen molar-refractivity contribution in [1.29, 1.82) is 0 Å². The number of halogens is 8. The van der Waals surface area contributed by atoms with Crippen molar-refractivity contribution in [3.63, 3.8) is 0 Å². The molecule has 3 aromatic carbocycles. The molecule has 2 aliphatic rings. The van der Waals surface area contributed by atoms with Gasteiger partial charge in [0.1, 0.15) is 7.14 Å². The maximum Gasteiger partial charge on any atom is 0.341 e. The lowest BCUT2D eigenvalue weighted by Gasteiger charge is -2.38. The lowest BCUT2D eigenvalue weighted by Crippen LogP contribution is -2.34. The second-order valence-corrected chi connectivity index (χ2v) is 14.1. The minimum atomic E-state index is -1.70. The summed E-state index contributed by atoms with van der Waals surface area (Å²) in [7, 11) is 0. The summed E-state index contributed by atoms with van der Waals surface area (Å²) >= 11 is 34.1. The van der Waals surface area contributed by atoms with Crippen LogP contribution in [0.4, 0.5) is 0 Å². The third-order valence-corrected chi connectivity index (χ3v) is 11.2. The largest absolute Gasteiger partial charge is 0.454 e. The molecule has 15 heteroatoms. The third-order valence-electron chi connectivity index (χ3n) is 5.79. The van der Waals surface area contributed by atoms with Gasteiger partial charge in [-0.25, -0.2) is 4.79 Å². The van der Waals surface area contributed by atoms with E-state index < -0.39 is 23.5 Å². The van der Waals surface area contributed by atoms with Gasteiger partial charge in [0.15, 0.2) is 28.6 Å². The van der Waals surface area contributed by atoms with Crippen molar-refractivity contribution in [2.45, 2.75) is 19.4 Å². The molecule has 5 rings (SSSR count). The maximum atomic E-state index is 13.5. The third kappa shape index (κ3) is 4.63. The zero-order valence-corrected chi connectivity index (χ0v) is 30.7. The van der Waals surface area contributed by atoms with E-state index in [9.17, 15) is 14.4 Å². The predicted octanol–water partition coefficient (Wildman–Crippen LogP) is 9.14. The van der Waals surface area contributed by atoms with Gasteiger partial charge in [-0.3, -0.25) is 9.59 Å². The van der Waals surface area contributed by atoms with Crippen molar-refractivity contribution in [3.8, 4) is 23.0 Å². The van der Waals surface area contributed by atoms with Gasteiger partial charge in [-0.2, -0.15) is 0 Å². The van der Waals surface area contributed by atoms with Gasteiger partial charge in [-0.1, -0.05) is 46.4 Å². The van der Waals surface area contributed by atoms with Crippen LogP contribution in [-0.4, -0.2) is 17.9 Å². The van der Waals surface area contributed by atoms with Crippen LogP contribution in [0.5, 0.6) is 23.0 Å². The number of esters is 3. The molecular formula is C24H8Cl4I4O7. The molecule has 3 aromatic rings. The van der Waals surface area contributed by atoms with Crippen molar-refractivity contribution in [3.05, 3.63) is 68.8 Å². The molecule has 0 bridgehead atoms. The number of hydrogen-bond donors (Lipinski definition) is 0. The van der Waals surface area contributed by atoms with Gasteiger partial charge >= 0.3 is 17.9 Å². The average molecular weight is 1060 g/mol. The Kier molecular flexibility index (Phi) is 8.50. The molecule has 0 radical (unpaired) electrons. The van der Waals surface area contributed by atoms with Crippen LogP contribution in [0, 0.1) is 14.3 Å². The second kappa shape index (κ2) is 10.9. The molecule has 0 fully saturated rings. The molecule has 0 aliphatic carbocycles. The number of fused-ring (bicyclic) bond motifs is 6. The topological polar surface area (TPSA) is 88.1 Å². The molecule has 0 N–H and O–H groups in total. The fraction of sp³-hybridized carbons (Fsp3) is 0.125. The predicted molar refractivity (Wildman–Crippen MR) is 178 cm³/mol. The molecule has 39 heavy (non-hydrogen) atoms. The quantitative estimate of drug-likeness (QED) is 0.0833. The van der Waals surface area contributed by atoms with Gasteiger partial charge in [-0.15, -0.1) is 0 Å². The first-order chi connectivity index (χ1) is 18.2. The van der Waals surface area contributed by atoms with E-state index in [-0.39, 0.29) is 54.2 Å². The van der Waals surface area contributed by atoms with Crippen LogP contribution in [0.25, 0.3) is 0 Å². The van der Waals surface area contributed by atoms with Gasteiger partial charge in [-0.05, 0) is 102 Å². The zero-order chi connectivity index (χ0) is 28.7. The zero-order valence-electron chi connectivity index (χ0n) is 19.0. The first kappa shape index (κ1) is 30.4. The highest BCUT2D eigenvalue weighted by Gasteiger charge is 2.58. The Labute approximate surface area is 295 Å². The summed E-state index contributed by atoms with van der Waals surface area (Å²) in [5.74, 6) is -0.886. The molecule has 2 aliphatic heterocycles. The number of carbonyl (C=O) groups is 3. The van der Waals surface area contributed by atoms with Crippen LogP contribution in [0.3, 0.4) is 0 Å². The molecule has 7 nitrogen and oxygen atoms in total. The Balaban J connectivity index is 1.99. The molecule has 0 atom stereocenters. The van der Waals surface area contributed by atoms with Gasteiger partial charge in [0.05, 0.1) is 43.9 Å². The van der Waals surface area contributed by atoms with Crippen LogP contribution in [0.2, 0.25) is 20.1 Å². The van der Waals surface area contributed by atoms with E-state index in [4.69, 9.17) is 65.4 Å². The average Bonchev–Trinajstić information content (AvgIpc) is 3.16. The molecule has 0 saturated heterocycles. The summed E-state index contributed by atoms with van der Waals surface area (Å²) in [5.41, 5.74) is -0.797. The molecular weight excluding hydrogens is 1050 g/mol. The monoisotopic (exact) mass is 1060 g/mol. The Hall–Kier alpha value is -0.0500. The SMILES string of the molecule is CC(=O)Oc1c(I)cc2c(c1I)Oc1c(cc(I)c(OC(C)=O)c1I)C21OC(=O)c2c(Cl)c(Cl)c(Cl)c(Cl)c21. The summed E-state index contributed by atoms with van der Waals surface area (Å²) in [4.78, 5) is 37.3. The molecule has 2 heterocycles. The van der Waals surface area contributed by atoms with Crippen molar-refractivity contribution >= 4 is 155 Å². The standard InChI is InChI=1S/C24H8Cl4I4O7/c1-5(33)36-21-9(29)3-7-19(17(21)31)38-20-8(4-10(30)22(18(20)32)37-6(2)34)24(7)12-11(23(35)39-24)13(25)15(27)16(28)14(12)26/h3-4H,1-2H3. The van der Waals surface area contributed by atoms with E-state index in [1.807, 2.05) is 90.4 Å². The highest BCUT2D eigenvalue weighted by molar-refractivity contribution is 14.1. The van der Waals surface area contributed by atoms with Crippen LogP contribution in [0.15, 0.2) is 12.1 Å². The van der Waals surface area contributed by atoms with Crippen LogP contribution >= 0.6 is 137 Å². The van der Waals surface area contributed by atoms with E-state index in [0.717, 1.165) is 0 Å². The number of ether oxygens (including phenoxy) is 4. The number of benzene rings is 3. The lowest BCUT2D eigenvalue weighted by molar-refractivity contribution is -0.132. The van der Waals surface area contributed by atoms with Crippen LogP contribution in [0.1, 0.15) is 40.9 Å². The maximum absolute atomic E-state index is 13.5. The lowest BCUT2D eigenvalue weighted by atomic mass is 9.77. The Morgan fingerprint density at radius 1 is 0.769 bits per heavy atom. The van der Waals surface area contributed by atoms with Crippen LogP contribution in [-0.2, 0) is 19.9 Å². The first-order valence-corrected chi connectivity index (χ1v) is 16.2. The van der Waals surface area contributed by atoms with Gasteiger partial charge < -0.3 is 18.9 Å². The number of carbonyl (C=O) groups excluding carboxylic acids is 3.